The first-order valence-electron chi connectivity index (χ1n) is 11.7. The SMILES string of the molecule is C=C(CO)C(=O)Oc1ccc(-c2ccc(OC(=O)C(C)CO)c(C3OCC(CCC)CO3)c2)cc1. The van der Waals surface area contributed by atoms with Crippen LogP contribution in [0, 0.1) is 11.8 Å². The van der Waals surface area contributed by atoms with Gasteiger partial charge in [-0.3, -0.25) is 4.79 Å². The van der Waals surface area contributed by atoms with Crippen LogP contribution in [0.1, 0.15) is 38.5 Å². The number of aliphatic hydroxyl groups is 2. The molecule has 2 N–H and O–H groups in total. The van der Waals surface area contributed by atoms with Crippen LogP contribution >= 0.6 is 0 Å². The van der Waals surface area contributed by atoms with Gasteiger partial charge in [-0.25, -0.2) is 4.79 Å². The number of carbonyl (C=O) groups is 2. The Labute approximate surface area is 205 Å². The van der Waals surface area contributed by atoms with E-state index < -0.39 is 30.8 Å². The predicted molar refractivity (Wildman–Crippen MR) is 129 cm³/mol. The van der Waals surface area contributed by atoms with Crippen molar-refractivity contribution in [3.63, 3.8) is 0 Å². The van der Waals surface area contributed by atoms with Crippen molar-refractivity contribution in [3.8, 4) is 22.6 Å². The molecule has 0 aromatic heterocycles. The number of benzene rings is 2. The van der Waals surface area contributed by atoms with E-state index in [0.717, 1.165) is 24.0 Å². The van der Waals surface area contributed by atoms with Crippen LogP contribution < -0.4 is 9.47 Å². The van der Waals surface area contributed by atoms with Gasteiger partial charge in [0.25, 0.3) is 0 Å². The lowest BCUT2D eigenvalue weighted by atomic mass is 10.0. The smallest absolute Gasteiger partial charge is 0.341 e. The molecule has 0 saturated carbocycles. The minimum Gasteiger partial charge on any atom is -0.426 e. The van der Waals surface area contributed by atoms with Crippen molar-refractivity contribution in [1.29, 1.82) is 0 Å². The van der Waals surface area contributed by atoms with E-state index in [0.29, 0.717) is 36.2 Å². The monoisotopic (exact) mass is 484 g/mol. The Hall–Kier alpha value is -3.04. The third kappa shape index (κ3) is 6.99. The minimum absolute atomic E-state index is 0.0342. The Morgan fingerprint density at radius 1 is 1.06 bits per heavy atom. The second kappa shape index (κ2) is 12.6. The van der Waals surface area contributed by atoms with Crippen molar-refractivity contribution in [1.82, 2.24) is 0 Å². The van der Waals surface area contributed by atoms with Crippen molar-refractivity contribution in [3.05, 3.63) is 60.2 Å². The highest BCUT2D eigenvalue weighted by Crippen LogP contribution is 2.36. The summed E-state index contributed by atoms with van der Waals surface area (Å²) in [6.45, 7) is 7.45. The van der Waals surface area contributed by atoms with E-state index in [9.17, 15) is 14.7 Å². The van der Waals surface area contributed by atoms with Crippen LogP contribution in [0.15, 0.2) is 54.6 Å². The first-order chi connectivity index (χ1) is 16.9. The molecule has 188 valence electrons. The topological polar surface area (TPSA) is 112 Å². The summed E-state index contributed by atoms with van der Waals surface area (Å²) in [5.74, 6) is -0.960. The number of carbonyl (C=O) groups excluding carboxylic acids is 2. The molecule has 0 spiro atoms. The van der Waals surface area contributed by atoms with Crippen molar-refractivity contribution in [2.24, 2.45) is 11.8 Å². The molecule has 0 aliphatic carbocycles. The lowest BCUT2D eigenvalue weighted by Crippen LogP contribution is -2.28. The van der Waals surface area contributed by atoms with Crippen molar-refractivity contribution in [2.75, 3.05) is 26.4 Å². The molecule has 1 heterocycles. The van der Waals surface area contributed by atoms with Gasteiger partial charge in [0, 0.05) is 5.92 Å². The minimum atomic E-state index is -0.696. The molecular weight excluding hydrogens is 452 g/mol. The van der Waals surface area contributed by atoms with E-state index in [4.69, 9.17) is 24.1 Å². The molecule has 1 unspecified atom stereocenters. The molecule has 1 saturated heterocycles. The molecule has 35 heavy (non-hydrogen) atoms. The van der Waals surface area contributed by atoms with E-state index in [2.05, 4.69) is 13.5 Å². The molecule has 0 bridgehead atoms. The van der Waals surface area contributed by atoms with Gasteiger partial charge < -0.3 is 29.2 Å². The van der Waals surface area contributed by atoms with Gasteiger partial charge in [-0.15, -0.1) is 0 Å². The summed E-state index contributed by atoms with van der Waals surface area (Å²) in [6, 6.07) is 12.1. The Morgan fingerprint density at radius 2 is 1.71 bits per heavy atom. The number of esters is 2. The van der Waals surface area contributed by atoms with Crippen LogP contribution in [0.25, 0.3) is 11.1 Å². The zero-order chi connectivity index (χ0) is 25.4. The van der Waals surface area contributed by atoms with E-state index in [-0.39, 0.29) is 12.2 Å². The summed E-state index contributed by atoms with van der Waals surface area (Å²) in [7, 11) is 0. The number of hydrogen-bond donors (Lipinski definition) is 2. The van der Waals surface area contributed by atoms with E-state index in [1.807, 2.05) is 6.07 Å². The number of rotatable bonds is 10. The van der Waals surface area contributed by atoms with Crippen LogP contribution in [0.5, 0.6) is 11.5 Å². The third-order valence-corrected chi connectivity index (χ3v) is 5.69. The maximum absolute atomic E-state index is 12.3. The maximum Gasteiger partial charge on any atom is 0.341 e. The van der Waals surface area contributed by atoms with Crippen molar-refractivity contribution in [2.45, 2.75) is 33.0 Å². The molecular formula is C27H32O8. The Balaban J connectivity index is 1.85. The second-order valence-electron chi connectivity index (χ2n) is 8.59. The Bertz CT molecular complexity index is 1020. The zero-order valence-electron chi connectivity index (χ0n) is 20.1. The number of aliphatic hydroxyl groups excluding tert-OH is 2. The van der Waals surface area contributed by atoms with Gasteiger partial charge in [-0.1, -0.05) is 38.1 Å². The van der Waals surface area contributed by atoms with E-state index in [1.54, 1.807) is 43.3 Å². The number of ether oxygens (including phenoxy) is 4. The highest BCUT2D eigenvalue weighted by molar-refractivity contribution is 5.89. The van der Waals surface area contributed by atoms with Crippen molar-refractivity contribution < 1.29 is 38.7 Å². The summed E-state index contributed by atoms with van der Waals surface area (Å²) in [6.07, 6.45) is 1.35. The molecule has 1 atom stereocenters. The fourth-order valence-electron chi connectivity index (χ4n) is 3.55. The van der Waals surface area contributed by atoms with Crippen LogP contribution in [0.4, 0.5) is 0 Å². The van der Waals surface area contributed by atoms with E-state index >= 15 is 0 Å². The largest absolute Gasteiger partial charge is 0.426 e. The zero-order valence-corrected chi connectivity index (χ0v) is 20.1. The highest BCUT2D eigenvalue weighted by atomic mass is 16.7. The van der Waals surface area contributed by atoms with E-state index in [1.165, 1.54) is 0 Å². The summed E-state index contributed by atoms with van der Waals surface area (Å²) < 4.78 is 22.7. The molecule has 3 rings (SSSR count). The average Bonchev–Trinajstić information content (AvgIpc) is 2.89. The lowest BCUT2D eigenvalue weighted by Gasteiger charge is -2.30. The van der Waals surface area contributed by atoms with Gasteiger partial charge in [0.05, 0.1) is 43.5 Å². The fraction of sp³-hybridized carbons (Fsp3) is 0.407. The quantitative estimate of drug-likeness (QED) is 0.298. The maximum atomic E-state index is 12.3. The average molecular weight is 485 g/mol. The first kappa shape index (κ1) is 26.6. The van der Waals surface area contributed by atoms with Gasteiger partial charge in [0.15, 0.2) is 6.29 Å². The standard InChI is InChI=1S/C27H32O8/c1-4-5-19-15-32-27(33-16-19)23-12-21(8-11-24(23)35-26(31)18(3)14-29)20-6-9-22(10-7-20)34-25(30)17(2)13-28/h6-12,18-19,27-29H,2,4-5,13-16H2,1,3H3. The summed E-state index contributed by atoms with van der Waals surface area (Å²) >= 11 is 0. The van der Waals surface area contributed by atoms with Gasteiger partial charge in [-0.2, -0.15) is 0 Å². The molecule has 1 aliphatic rings. The molecule has 8 heteroatoms. The molecule has 2 aromatic carbocycles. The first-order valence-corrected chi connectivity index (χ1v) is 11.7. The normalized spacial score (nSPS) is 18.5. The fourth-order valence-corrected chi connectivity index (χ4v) is 3.55. The molecule has 2 aromatic rings. The van der Waals surface area contributed by atoms with Gasteiger partial charge in [0.1, 0.15) is 11.5 Å². The molecule has 8 nitrogen and oxygen atoms in total. The van der Waals surface area contributed by atoms with Crippen molar-refractivity contribution >= 4 is 11.9 Å². The summed E-state index contributed by atoms with van der Waals surface area (Å²) in [5, 5.41) is 18.3. The number of hydrogen-bond acceptors (Lipinski definition) is 8. The molecule has 0 radical (unpaired) electrons. The predicted octanol–water partition coefficient (Wildman–Crippen LogP) is 3.80. The second-order valence-corrected chi connectivity index (χ2v) is 8.59. The lowest BCUT2D eigenvalue weighted by molar-refractivity contribution is -0.206. The summed E-state index contributed by atoms with van der Waals surface area (Å²) in [5.41, 5.74) is 2.18. The molecule has 1 fully saturated rings. The van der Waals surface area contributed by atoms with Crippen LogP contribution in [-0.2, 0) is 19.1 Å². The highest BCUT2D eigenvalue weighted by Gasteiger charge is 2.27. The summed E-state index contributed by atoms with van der Waals surface area (Å²) in [4.78, 5) is 24.1. The third-order valence-electron chi connectivity index (χ3n) is 5.69. The van der Waals surface area contributed by atoms with Crippen LogP contribution in [0.2, 0.25) is 0 Å². The van der Waals surface area contributed by atoms with Gasteiger partial charge in [0.2, 0.25) is 0 Å². The van der Waals surface area contributed by atoms with Gasteiger partial charge >= 0.3 is 11.9 Å². The Morgan fingerprint density at radius 3 is 2.31 bits per heavy atom. The Kier molecular flexibility index (Phi) is 9.56. The van der Waals surface area contributed by atoms with Crippen LogP contribution in [-0.4, -0.2) is 48.6 Å². The van der Waals surface area contributed by atoms with Gasteiger partial charge in [-0.05, 0) is 48.7 Å². The van der Waals surface area contributed by atoms with Crippen LogP contribution in [0.3, 0.4) is 0 Å². The molecule has 0 amide bonds. The molecule has 1 aliphatic heterocycles.